The van der Waals surface area contributed by atoms with Gasteiger partial charge in [0.25, 0.3) is 5.91 Å². The van der Waals surface area contributed by atoms with Crippen molar-refractivity contribution in [1.29, 1.82) is 0 Å². The lowest BCUT2D eigenvalue weighted by molar-refractivity contribution is -0.271. The third-order valence-electron chi connectivity index (χ3n) is 21.8. The molecule has 0 aromatic heterocycles. The normalized spacial score (nSPS) is 33.6. The van der Waals surface area contributed by atoms with E-state index in [-0.39, 0.29) is 72.5 Å². The predicted molar refractivity (Wildman–Crippen MR) is 336 cm³/mol. The second kappa shape index (κ2) is 25.6. The molecule has 9 aliphatic rings. The first-order chi connectivity index (χ1) is 45.5. The van der Waals surface area contributed by atoms with Gasteiger partial charge in [-0.2, -0.15) is 0 Å². The average molecular weight is 1300 g/mol. The highest BCUT2D eigenvalue weighted by atomic mass is 16.7. The summed E-state index contributed by atoms with van der Waals surface area (Å²) in [4.78, 5) is 106. The highest BCUT2D eigenvalue weighted by molar-refractivity contribution is 6.40. The van der Waals surface area contributed by atoms with Crippen molar-refractivity contribution in [2.45, 2.75) is 158 Å². The van der Waals surface area contributed by atoms with Crippen molar-refractivity contribution in [3.63, 3.8) is 0 Å². The Balaban J connectivity index is 0.584. The molecule has 14 atom stereocenters. The minimum Gasteiger partial charge on any atom is -0.479 e. The minimum atomic E-state index is -2.01. The maximum Gasteiger partial charge on any atom is 0.407 e. The van der Waals surface area contributed by atoms with Crippen LogP contribution in [0.3, 0.4) is 0 Å². The van der Waals surface area contributed by atoms with Gasteiger partial charge >= 0.3 is 12.1 Å². The number of aliphatic hydroxyl groups is 5. The van der Waals surface area contributed by atoms with Crippen LogP contribution in [-0.4, -0.2) is 145 Å². The number of para-hydroxylation sites is 1. The van der Waals surface area contributed by atoms with E-state index in [9.17, 15) is 69.0 Å². The van der Waals surface area contributed by atoms with Crippen LogP contribution in [0.1, 0.15) is 118 Å². The number of alkyl carbamates (subject to hydrolysis) is 1. The second-order valence-electron chi connectivity index (χ2n) is 27.6. The number of nitrogens with one attached hydrogen (secondary N) is 3. The van der Waals surface area contributed by atoms with Gasteiger partial charge in [-0.1, -0.05) is 98.0 Å². The van der Waals surface area contributed by atoms with Gasteiger partial charge in [0.15, 0.2) is 29.6 Å². The number of Topliss-reactive ketones (excluding diaryl/α,β-unsaturated/α-hetero) is 2. The Morgan fingerprint density at radius 2 is 1.55 bits per heavy atom. The van der Waals surface area contributed by atoms with Gasteiger partial charge in [0, 0.05) is 52.4 Å². The van der Waals surface area contributed by atoms with Crippen molar-refractivity contribution in [2.24, 2.45) is 39.9 Å². The maximum absolute atomic E-state index is 14.1. The molecule has 9 N–H and O–H groups in total. The molecule has 4 amide bonds. The molecular formula is C72H76N4O19. The quantitative estimate of drug-likeness (QED) is 0.0362. The summed E-state index contributed by atoms with van der Waals surface area (Å²) in [7, 11) is 0. The number of nitrogens with zero attached hydrogens (tertiary/aromatic N) is 1. The number of benzene rings is 4. The fourth-order valence-corrected chi connectivity index (χ4v) is 17.3. The van der Waals surface area contributed by atoms with Crippen molar-refractivity contribution in [3.05, 3.63) is 148 Å². The monoisotopic (exact) mass is 1300 g/mol. The molecule has 2 saturated heterocycles. The molecule has 498 valence electrons. The molecule has 5 saturated carbocycles. The molecule has 0 radical (unpaired) electrons. The van der Waals surface area contributed by atoms with Gasteiger partial charge in [-0.05, 0) is 140 Å². The Morgan fingerprint density at radius 3 is 2.31 bits per heavy atom. The van der Waals surface area contributed by atoms with Gasteiger partial charge in [-0.15, -0.1) is 0 Å². The van der Waals surface area contributed by atoms with E-state index in [1.165, 1.54) is 23.1 Å². The lowest BCUT2D eigenvalue weighted by Gasteiger charge is -2.59. The molecule has 95 heavy (non-hydrogen) atoms. The molecule has 3 aliphatic heterocycles. The van der Waals surface area contributed by atoms with Crippen molar-refractivity contribution in [3.8, 4) is 17.6 Å². The van der Waals surface area contributed by atoms with E-state index in [1.807, 2.05) is 61.5 Å². The van der Waals surface area contributed by atoms with Gasteiger partial charge < -0.3 is 75.2 Å². The van der Waals surface area contributed by atoms with Crippen LogP contribution >= 0.6 is 0 Å². The molecule has 13 rings (SSSR count). The first-order valence-corrected chi connectivity index (χ1v) is 32.4. The molecular weight excluding hydrogens is 1220 g/mol. The number of rotatable bonds is 18. The number of ether oxygens (including phenoxy) is 5. The Morgan fingerprint density at radius 1 is 0.821 bits per heavy atom. The fraction of sp³-hybridized carbons (Fsp3) is 0.472. The number of fused-ring (bicyclic) bond motifs is 9. The summed E-state index contributed by atoms with van der Waals surface area (Å²) < 4.78 is 30.2. The summed E-state index contributed by atoms with van der Waals surface area (Å²) in [6.07, 6.45) is -2.06. The maximum atomic E-state index is 14.1. The van der Waals surface area contributed by atoms with E-state index >= 15 is 0 Å². The van der Waals surface area contributed by atoms with E-state index in [0.717, 1.165) is 67.2 Å². The number of hydrogen-bond acceptors (Lipinski definition) is 18. The highest BCUT2D eigenvalue weighted by Gasteiger charge is 2.76. The highest BCUT2D eigenvalue weighted by Crippen LogP contribution is 2.70. The third kappa shape index (κ3) is 12.1. The number of carbonyl (C=O) groups excluding carboxylic acids is 7. The Bertz CT molecular complexity index is 3900. The second-order valence-corrected chi connectivity index (χ2v) is 27.6. The zero-order chi connectivity index (χ0) is 66.9. The van der Waals surface area contributed by atoms with E-state index < -0.39 is 126 Å². The molecule has 0 unspecified atom stereocenters. The molecule has 0 bridgehead atoms. The Hall–Kier alpha value is -8.44. The molecule has 1 spiro atoms. The number of carboxylic acid groups (broad SMARTS) is 1. The summed E-state index contributed by atoms with van der Waals surface area (Å²) in [6.45, 7) is 2.85. The zero-order valence-corrected chi connectivity index (χ0v) is 52.4. The largest absolute Gasteiger partial charge is 0.479 e. The van der Waals surface area contributed by atoms with Crippen LogP contribution < -0.4 is 25.6 Å². The fourth-order valence-electron chi connectivity index (χ4n) is 17.3. The molecule has 4 aromatic rings. The van der Waals surface area contributed by atoms with E-state index in [0.29, 0.717) is 34.7 Å². The summed E-state index contributed by atoms with van der Waals surface area (Å²) in [6, 6.07) is 26.3. The van der Waals surface area contributed by atoms with Gasteiger partial charge in [-0.3, -0.25) is 28.8 Å². The van der Waals surface area contributed by atoms with Crippen molar-refractivity contribution in [1.82, 2.24) is 10.6 Å². The van der Waals surface area contributed by atoms with E-state index in [4.69, 9.17) is 23.7 Å². The smallest absolute Gasteiger partial charge is 0.407 e. The first-order valence-electron chi connectivity index (χ1n) is 32.4. The standard InChI is InChI=1S/C72H76N4O19/c1-69-23-21-47(78)27-45(69)18-19-48-49-28-56-72(55(81)36-77,70(49,2)34-53(80)59(48)69)95-66(93-56)43-14-11-38(12-15-43)25-40-30-71(31-40)32-46(33-71)74-68(90)91-37-39-13-20-54(92-67-62(86)60(84)61(85)63(94-67)65(88)89)50(26-39)75-57(82)22-24-73-64(87)52(79)29-58(83)76-35-44-9-4-3-7-41(44)16-17-42-8-5-6-10-51(42)76/h3-15,20-21,23,26-27,40,46,48-49,53,56,59-63,66-67,77,80,84-86H,18-19,22,24-25,28-37H2,1-2H3,(H,73,87)(H,74,90)(H,75,82)(H,88,89)/t40?,46?,48-,49-,53-,56+,59+,60-,61-,62+,63-,66+,67+,69-,70-,71?,72+/m0/s1. The molecule has 3 heterocycles. The van der Waals surface area contributed by atoms with E-state index in [2.05, 4.69) is 34.7 Å². The predicted octanol–water partition coefficient (Wildman–Crippen LogP) is 4.94. The number of amides is 4. The minimum absolute atomic E-state index is 0.0179. The van der Waals surface area contributed by atoms with Crippen LogP contribution in [-0.2, 0) is 72.1 Å². The zero-order valence-electron chi connectivity index (χ0n) is 52.4. The molecule has 23 nitrogen and oxygen atoms in total. The van der Waals surface area contributed by atoms with Crippen LogP contribution in [0.25, 0.3) is 0 Å². The number of carbonyl (C=O) groups is 8. The van der Waals surface area contributed by atoms with Crippen molar-refractivity contribution >= 4 is 58.5 Å². The number of hydrogen-bond donors (Lipinski definition) is 9. The number of aliphatic carboxylic acids is 1. The average Bonchev–Trinajstić information content (AvgIpc) is 1.53. The van der Waals surface area contributed by atoms with Crippen LogP contribution in [0.4, 0.5) is 16.2 Å². The van der Waals surface area contributed by atoms with Crippen LogP contribution in [0.2, 0.25) is 0 Å². The number of carboxylic acids is 1. The number of aliphatic hydroxyl groups excluding tert-OH is 5. The third-order valence-corrected chi connectivity index (χ3v) is 21.8. The topological polar surface area (TPSA) is 343 Å². The van der Waals surface area contributed by atoms with Gasteiger partial charge in [0.05, 0.1) is 36.5 Å². The number of ketones is 3. The van der Waals surface area contributed by atoms with Gasteiger partial charge in [-0.25, -0.2) is 9.59 Å². The number of allylic oxidation sites excluding steroid dienone is 4. The summed E-state index contributed by atoms with van der Waals surface area (Å²) in [5.74, 6) is 0.641. The first kappa shape index (κ1) is 65.2. The van der Waals surface area contributed by atoms with Crippen LogP contribution in [0.5, 0.6) is 5.75 Å². The van der Waals surface area contributed by atoms with Crippen LogP contribution in [0, 0.1) is 51.8 Å². The number of anilines is 2. The lowest BCUT2D eigenvalue weighted by atomic mass is 9.46. The van der Waals surface area contributed by atoms with Crippen molar-refractivity contribution < 1.29 is 92.7 Å². The lowest BCUT2D eigenvalue weighted by Crippen LogP contribution is -2.63. The molecule has 23 heteroatoms. The van der Waals surface area contributed by atoms with Gasteiger partial charge in [0.2, 0.25) is 23.9 Å². The summed E-state index contributed by atoms with van der Waals surface area (Å²) >= 11 is 0. The Labute approximate surface area is 547 Å². The van der Waals surface area contributed by atoms with Crippen LogP contribution in [0.15, 0.2) is 115 Å². The Kier molecular flexibility index (Phi) is 17.6. The molecule has 7 fully saturated rings. The summed E-state index contributed by atoms with van der Waals surface area (Å²) in [5, 5.41) is 71.5. The molecule has 4 aromatic carbocycles. The van der Waals surface area contributed by atoms with Gasteiger partial charge in [0.1, 0.15) is 37.3 Å². The summed E-state index contributed by atoms with van der Waals surface area (Å²) in [5.41, 5.74) is 3.00. The van der Waals surface area contributed by atoms with Crippen molar-refractivity contribution in [2.75, 3.05) is 23.4 Å². The SMILES string of the molecule is C[C@]12C=CC(=O)C=C1CC[C@@H]1[C@@H]2[C@@H](O)C[C@@]2(C)[C@H]1C[C@H]1O[C@@H](c3ccc(CC4CC5(C4)CC(NC(=O)OCc4ccc(O[C@@H]6O[C@H](C(=O)O)[C@@H](O)[C@H](O)[C@H]6O)c(NC(=O)CCNC(=O)C(=O)CC(=O)N6Cc7ccccc7C#Cc7ccccc76)c4)C5)cc3)O[C@]12C(=O)CO. The van der Waals surface area contributed by atoms with E-state index in [1.54, 1.807) is 36.4 Å². The molecule has 6 aliphatic carbocycles.